The van der Waals surface area contributed by atoms with Crippen molar-refractivity contribution in [3.63, 3.8) is 0 Å². The van der Waals surface area contributed by atoms with Gasteiger partial charge < -0.3 is 4.74 Å². The van der Waals surface area contributed by atoms with Crippen molar-refractivity contribution in [3.8, 4) is 0 Å². The summed E-state index contributed by atoms with van der Waals surface area (Å²) >= 11 is 1.29. The van der Waals surface area contributed by atoms with E-state index < -0.39 is 16.0 Å². The number of sulfonamides is 1. The molecule has 2 aromatic rings. The largest absolute Gasteiger partial charge is 0.456 e. The zero-order valence-corrected chi connectivity index (χ0v) is 19.5. The minimum Gasteiger partial charge on any atom is -0.456 e. The van der Waals surface area contributed by atoms with E-state index in [4.69, 9.17) is 4.74 Å². The van der Waals surface area contributed by atoms with E-state index in [9.17, 15) is 18.0 Å². The Morgan fingerprint density at radius 1 is 1.13 bits per heavy atom. The second kappa shape index (κ2) is 10.1. The van der Waals surface area contributed by atoms with Crippen LogP contribution in [0.25, 0.3) is 0 Å². The predicted octanol–water partition coefficient (Wildman–Crippen LogP) is 3.21. The molecule has 1 amide bonds. The monoisotopic (exact) mass is 453 g/mol. The SMILES string of the molecule is CCN(C(C)=O)c1nc(COC(=O)c2ccc(C)c(S(=O)(=O)N(CC)CC)c2)cs1. The third-order valence-corrected chi connectivity index (χ3v) is 7.67. The molecule has 0 saturated heterocycles. The van der Waals surface area contributed by atoms with Crippen LogP contribution < -0.4 is 4.90 Å². The second-order valence-corrected chi connectivity index (χ2v) is 9.27. The molecule has 1 aromatic heterocycles. The highest BCUT2D eigenvalue weighted by molar-refractivity contribution is 7.89. The molecule has 10 heteroatoms. The number of anilines is 1. The van der Waals surface area contributed by atoms with Crippen LogP contribution in [0, 0.1) is 6.92 Å². The standard InChI is InChI=1S/C20H27N3O5S2/c1-6-22(7-2)30(26,27)18-11-16(10-9-14(18)4)19(25)28-12-17-13-29-20(21-17)23(8-3)15(5)24/h9-11,13H,6-8,12H2,1-5H3. The van der Waals surface area contributed by atoms with E-state index in [1.165, 1.54) is 33.5 Å². The highest BCUT2D eigenvalue weighted by Crippen LogP contribution is 2.23. The Hall–Kier alpha value is -2.30. The molecule has 8 nitrogen and oxygen atoms in total. The van der Waals surface area contributed by atoms with Crippen LogP contribution in [-0.4, -0.2) is 49.2 Å². The number of aromatic nitrogens is 1. The lowest BCUT2D eigenvalue weighted by Crippen LogP contribution is -2.31. The van der Waals surface area contributed by atoms with Gasteiger partial charge in [0.15, 0.2) is 5.13 Å². The third-order valence-electron chi connectivity index (χ3n) is 4.57. The Labute approximate surface area is 181 Å². The van der Waals surface area contributed by atoms with Crippen molar-refractivity contribution >= 4 is 38.4 Å². The minimum atomic E-state index is -3.69. The minimum absolute atomic E-state index is 0.0726. The fourth-order valence-corrected chi connectivity index (χ4v) is 5.54. The van der Waals surface area contributed by atoms with Gasteiger partial charge in [0.2, 0.25) is 15.9 Å². The molecule has 0 aliphatic heterocycles. The maximum absolute atomic E-state index is 12.9. The fourth-order valence-electron chi connectivity index (χ4n) is 2.91. The average Bonchev–Trinajstić information content (AvgIpc) is 3.15. The predicted molar refractivity (Wildman–Crippen MR) is 116 cm³/mol. The quantitative estimate of drug-likeness (QED) is 0.541. The van der Waals surface area contributed by atoms with E-state index >= 15 is 0 Å². The molecule has 0 bridgehead atoms. The number of nitrogens with zero attached hydrogens (tertiary/aromatic N) is 3. The van der Waals surface area contributed by atoms with Gasteiger partial charge in [-0.25, -0.2) is 18.2 Å². The van der Waals surface area contributed by atoms with E-state index in [1.807, 2.05) is 6.92 Å². The number of aryl methyl sites for hydroxylation is 1. The summed E-state index contributed by atoms with van der Waals surface area (Å²) in [6.45, 7) is 9.64. The Balaban J connectivity index is 2.17. The van der Waals surface area contributed by atoms with E-state index in [0.717, 1.165) is 0 Å². The summed E-state index contributed by atoms with van der Waals surface area (Å²) in [5.74, 6) is -0.753. The number of esters is 1. The summed E-state index contributed by atoms with van der Waals surface area (Å²) in [6.07, 6.45) is 0. The van der Waals surface area contributed by atoms with Crippen LogP contribution in [0.4, 0.5) is 5.13 Å². The van der Waals surface area contributed by atoms with Crippen molar-refractivity contribution in [1.29, 1.82) is 0 Å². The molecular formula is C20H27N3O5S2. The molecule has 0 fully saturated rings. The molecule has 1 heterocycles. The third kappa shape index (κ3) is 5.24. The summed E-state index contributed by atoms with van der Waals surface area (Å²) in [5.41, 5.74) is 1.23. The molecule has 0 N–H and O–H groups in total. The van der Waals surface area contributed by atoms with Gasteiger partial charge in [0, 0.05) is 31.9 Å². The molecule has 0 spiro atoms. The van der Waals surface area contributed by atoms with E-state index in [2.05, 4.69) is 4.98 Å². The topological polar surface area (TPSA) is 96.9 Å². The first-order chi connectivity index (χ1) is 14.1. The second-order valence-electron chi connectivity index (χ2n) is 6.53. The Bertz CT molecular complexity index is 1010. The van der Waals surface area contributed by atoms with Crippen LogP contribution in [0.1, 0.15) is 49.3 Å². The van der Waals surface area contributed by atoms with Gasteiger partial charge in [0.05, 0.1) is 16.2 Å². The molecule has 164 valence electrons. The molecule has 0 atom stereocenters. The van der Waals surface area contributed by atoms with Gasteiger partial charge in [-0.15, -0.1) is 11.3 Å². The summed E-state index contributed by atoms with van der Waals surface area (Å²) in [6, 6.07) is 4.49. The van der Waals surface area contributed by atoms with Crippen LogP contribution >= 0.6 is 11.3 Å². The van der Waals surface area contributed by atoms with Gasteiger partial charge >= 0.3 is 5.97 Å². The number of carbonyl (C=O) groups is 2. The van der Waals surface area contributed by atoms with E-state index in [0.29, 0.717) is 36.0 Å². The molecule has 0 unspecified atom stereocenters. The van der Waals surface area contributed by atoms with Gasteiger partial charge in [0.25, 0.3) is 0 Å². The van der Waals surface area contributed by atoms with E-state index in [1.54, 1.807) is 38.3 Å². The van der Waals surface area contributed by atoms with Crippen molar-refractivity contribution in [3.05, 3.63) is 40.4 Å². The van der Waals surface area contributed by atoms with Crippen molar-refractivity contribution in [1.82, 2.24) is 9.29 Å². The number of hydrogen-bond acceptors (Lipinski definition) is 7. The Morgan fingerprint density at radius 3 is 2.37 bits per heavy atom. The smallest absolute Gasteiger partial charge is 0.338 e. The number of amides is 1. The number of ether oxygens (including phenoxy) is 1. The Morgan fingerprint density at radius 2 is 1.80 bits per heavy atom. The molecule has 0 radical (unpaired) electrons. The zero-order valence-electron chi connectivity index (χ0n) is 17.8. The summed E-state index contributed by atoms with van der Waals surface area (Å²) in [4.78, 5) is 30.1. The molecule has 0 aliphatic carbocycles. The van der Waals surface area contributed by atoms with Crippen molar-refractivity contribution < 1.29 is 22.7 Å². The molecule has 30 heavy (non-hydrogen) atoms. The van der Waals surface area contributed by atoms with Crippen LogP contribution in [0.2, 0.25) is 0 Å². The average molecular weight is 454 g/mol. The first-order valence-corrected chi connectivity index (χ1v) is 12.0. The highest BCUT2D eigenvalue weighted by atomic mass is 32.2. The van der Waals surface area contributed by atoms with Gasteiger partial charge in [-0.2, -0.15) is 4.31 Å². The number of rotatable bonds is 9. The molecule has 0 saturated carbocycles. The molecule has 2 rings (SSSR count). The molecule has 0 aliphatic rings. The highest BCUT2D eigenvalue weighted by Gasteiger charge is 2.25. The van der Waals surface area contributed by atoms with Gasteiger partial charge in [-0.3, -0.25) is 9.69 Å². The number of hydrogen-bond donors (Lipinski definition) is 0. The van der Waals surface area contributed by atoms with Crippen LogP contribution in [0.5, 0.6) is 0 Å². The summed E-state index contributed by atoms with van der Waals surface area (Å²) < 4.78 is 32.4. The lowest BCUT2D eigenvalue weighted by molar-refractivity contribution is -0.116. The fraction of sp³-hybridized carbons (Fsp3) is 0.450. The van der Waals surface area contributed by atoms with Gasteiger partial charge in [-0.1, -0.05) is 19.9 Å². The van der Waals surface area contributed by atoms with Crippen molar-refractivity contribution in [2.45, 2.75) is 46.1 Å². The van der Waals surface area contributed by atoms with E-state index in [-0.39, 0.29) is 23.0 Å². The first-order valence-electron chi connectivity index (χ1n) is 9.66. The lowest BCUT2D eigenvalue weighted by atomic mass is 10.1. The van der Waals surface area contributed by atoms with Crippen molar-refractivity contribution in [2.75, 3.05) is 24.5 Å². The van der Waals surface area contributed by atoms with Crippen LogP contribution in [0.15, 0.2) is 28.5 Å². The summed E-state index contributed by atoms with van der Waals surface area (Å²) in [5, 5.41) is 2.26. The number of thiazole rings is 1. The number of carbonyl (C=O) groups excluding carboxylic acids is 2. The zero-order chi connectivity index (χ0) is 22.5. The first kappa shape index (κ1) is 24.0. The molecule has 1 aromatic carbocycles. The van der Waals surface area contributed by atoms with Gasteiger partial charge in [0.1, 0.15) is 6.61 Å². The molecular weight excluding hydrogens is 426 g/mol. The van der Waals surface area contributed by atoms with Gasteiger partial charge in [-0.05, 0) is 31.5 Å². The van der Waals surface area contributed by atoms with Crippen LogP contribution in [-0.2, 0) is 26.2 Å². The Kier molecular flexibility index (Phi) is 8.10. The lowest BCUT2D eigenvalue weighted by Gasteiger charge is -2.20. The maximum Gasteiger partial charge on any atom is 0.338 e. The number of benzene rings is 1. The van der Waals surface area contributed by atoms with Crippen molar-refractivity contribution in [2.24, 2.45) is 0 Å². The van der Waals surface area contributed by atoms with Crippen LogP contribution in [0.3, 0.4) is 0 Å². The normalized spacial score (nSPS) is 11.5. The maximum atomic E-state index is 12.9. The summed E-state index contributed by atoms with van der Waals surface area (Å²) in [7, 11) is -3.69.